The molecule has 1 atom stereocenters. The van der Waals surface area contributed by atoms with Gasteiger partial charge in [0.05, 0.1) is 4.92 Å². The molecule has 0 aliphatic carbocycles. The number of piperidine rings is 1. The molecule has 1 aliphatic heterocycles. The van der Waals surface area contributed by atoms with Crippen LogP contribution in [0.3, 0.4) is 0 Å². The van der Waals surface area contributed by atoms with E-state index < -0.39 is 0 Å². The lowest BCUT2D eigenvalue weighted by molar-refractivity contribution is -0.385. The molecule has 1 heterocycles. The van der Waals surface area contributed by atoms with Crippen LogP contribution in [0.2, 0.25) is 0 Å². The van der Waals surface area contributed by atoms with Crippen LogP contribution in [0.5, 0.6) is 0 Å². The van der Waals surface area contributed by atoms with Crippen LogP contribution in [-0.4, -0.2) is 29.0 Å². The van der Waals surface area contributed by atoms with Crippen LogP contribution in [0.15, 0.2) is 18.2 Å². The highest BCUT2D eigenvalue weighted by molar-refractivity contribution is 5.85. The van der Waals surface area contributed by atoms with Crippen LogP contribution in [0, 0.1) is 23.0 Å². The van der Waals surface area contributed by atoms with Gasteiger partial charge in [0.15, 0.2) is 0 Å². The van der Waals surface area contributed by atoms with Gasteiger partial charge in [-0.1, -0.05) is 12.1 Å². The maximum absolute atomic E-state index is 11.0. The Labute approximate surface area is 132 Å². The van der Waals surface area contributed by atoms with Crippen molar-refractivity contribution >= 4 is 18.1 Å². The lowest BCUT2D eigenvalue weighted by Crippen LogP contribution is -2.39. The van der Waals surface area contributed by atoms with E-state index in [1.165, 1.54) is 0 Å². The van der Waals surface area contributed by atoms with Crippen molar-refractivity contribution < 1.29 is 4.92 Å². The van der Waals surface area contributed by atoms with Crippen LogP contribution in [-0.2, 0) is 6.54 Å². The van der Waals surface area contributed by atoms with E-state index in [2.05, 4.69) is 11.8 Å². The van der Waals surface area contributed by atoms with Crippen LogP contribution in [0.25, 0.3) is 0 Å². The average molecular weight is 314 g/mol. The summed E-state index contributed by atoms with van der Waals surface area (Å²) in [6.45, 7) is 6.75. The molecule has 118 valence electrons. The maximum Gasteiger partial charge on any atom is 0.272 e. The van der Waals surface area contributed by atoms with Gasteiger partial charge in [-0.05, 0) is 51.3 Å². The van der Waals surface area contributed by atoms with E-state index in [1.54, 1.807) is 12.1 Å². The van der Waals surface area contributed by atoms with E-state index in [9.17, 15) is 10.1 Å². The summed E-state index contributed by atoms with van der Waals surface area (Å²) in [6.07, 6.45) is 2.23. The summed E-state index contributed by atoms with van der Waals surface area (Å²) in [5.74, 6) is 0.609. The average Bonchev–Trinajstić information content (AvgIpc) is 2.41. The third kappa shape index (κ3) is 4.40. The van der Waals surface area contributed by atoms with Gasteiger partial charge in [0.25, 0.3) is 5.69 Å². The fourth-order valence-corrected chi connectivity index (χ4v) is 2.92. The van der Waals surface area contributed by atoms with Gasteiger partial charge in [-0.2, -0.15) is 0 Å². The van der Waals surface area contributed by atoms with Crippen molar-refractivity contribution in [1.82, 2.24) is 4.90 Å². The Kier molecular flexibility index (Phi) is 6.58. The molecule has 2 rings (SSSR count). The van der Waals surface area contributed by atoms with Gasteiger partial charge in [-0.15, -0.1) is 12.4 Å². The van der Waals surface area contributed by atoms with Gasteiger partial charge in [0.2, 0.25) is 0 Å². The Morgan fingerprint density at radius 2 is 2.05 bits per heavy atom. The van der Waals surface area contributed by atoms with Gasteiger partial charge < -0.3 is 5.73 Å². The predicted molar refractivity (Wildman–Crippen MR) is 86.7 cm³/mol. The van der Waals surface area contributed by atoms with E-state index in [1.807, 2.05) is 13.0 Å². The van der Waals surface area contributed by atoms with Gasteiger partial charge in [-0.3, -0.25) is 15.0 Å². The standard InChI is InChI=1S/C15H23N3O2.ClH/c1-11-14(4-3-5-15(11)18(19)20)10-17-8-6-13(7-9-17)12(2)16;/h3-5,12-13H,6-10,16H2,1-2H3;1H. The van der Waals surface area contributed by atoms with Crippen molar-refractivity contribution in [3.05, 3.63) is 39.4 Å². The quantitative estimate of drug-likeness (QED) is 0.685. The maximum atomic E-state index is 11.0. The molecule has 0 amide bonds. The molecule has 0 aromatic heterocycles. The van der Waals surface area contributed by atoms with Crippen LogP contribution in [0.1, 0.15) is 30.9 Å². The van der Waals surface area contributed by atoms with Gasteiger partial charge >= 0.3 is 0 Å². The van der Waals surface area contributed by atoms with Gasteiger partial charge in [0.1, 0.15) is 0 Å². The van der Waals surface area contributed by atoms with Crippen LogP contribution in [0.4, 0.5) is 5.69 Å². The SMILES string of the molecule is Cc1c(CN2CCC(C(C)N)CC2)cccc1[N+](=O)[O-].Cl. The van der Waals surface area contributed by atoms with E-state index >= 15 is 0 Å². The smallest absolute Gasteiger partial charge is 0.272 e. The molecule has 0 saturated carbocycles. The summed E-state index contributed by atoms with van der Waals surface area (Å²) >= 11 is 0. The first kappa shape index (κ1) is 17.9. The largest absolute Gasteiger partial charge is 0.328 e. The minimum absolute atomic E-state index is 0. The van der Waals surface area contributed by atoms with Gasteiger partial charge in [0, 0.05) is 24.2 Å². The van der Waals surface area contributed by atoms with Crippen LogP contribution >= 0.6 is 12.4 Å². The van der Waals surface area contributed by atoms with Crippen molar-refractivity contribution in [2.75, 3.05) is 13.1 Å². The number of nitrogens with two attached hydrogens (primary N) is 1. The van der Waals surface area contributed by atoms with E-state index in [0.29, 0.717) is 5.92 Å². The Bertz CT molecular complexity index is 486. The van der Waals surface area contributed by atoms with E-state index in [-0.39, 0.29) is 29.1 Å². The normalized spacial score (nSPS) is 18.0. The van der Waals surface area contributed by atoms with E-state index in [0.717, 1.165) is 43.6 Å². The Hall–Kier alpha value is -1.17. The molecule has 1 aliphatic rings. The highest BCUT2D eigenvalue weighted by Crippen LogP contribution is 2.25. The monoisotopic (exact) mass is 313 g/mol. The Morgan fingerprint density at radius 1 is 1.43 bits per heavy atom. The molecule has 2 N–H and O–H groups in total. The molecule has 0 radical (unpaired) electrons. The summed E-state index contributed by atoms with van der Waals surface area (Å²) in [5, 5.41) is 11.0. The number of nitro benzene ring substituents is 1. The molecular formula is C15H24ClN3O2. The molecule has 0 bridgehead atoms. The zero-order valence-corrected chi connectivity index (χ0v) is 13.4. The van der Waals surface area contributed by atoms with Crippen LogP contribution < -0.4 is 5.73 Å². The second-order valence-corrected chi connectivity index (χ2v) is 5.79. The number of nitrogens with zero attached hydrogens (tertiary/aromatic N) is 2. The molecule has 0 spiro atoms. The van der Waals surface area contributed by atoms with Crippen molar-refractivity contribution in [2.24, 2.45) is 11.7 Å². The highest BCUT2D eigenvalue weighted by atomic mass is 35.5. The number of likely N-dealkylation sites (tertiary alicyclic amines) is 1. The number of halogens is 1. The summed E-state index contributed by atoms with van der Waals surface area (Å²) in [5.41, 5.74) is 8.00. The molecular weight excluding hydrogens is 290 g/mol. The zero-order chi connectivity index (χ0) is 14.7. The molecule has 1 fully saturated rings. The summed E-state index contributed by atoms with van der Waals surface area (Å²) < 4.78 is 0. The molecule has 5 nitrogen and oxygen atoms in total. The lowest BCUT2D eigenvalue weighted by Gasteiger charge is -2.33. The molecule has 1 unspecified atom stereocenters. The first-order valence-corrected chi connectivity index (χ1v) is 7.20. The minimum atomic E-state index is -0.304. The molecule has 1 aromatic carbocycles. The number of hydrogen-bond donors (Lipinski definition) is 1. The molecule has 6 heteroatoms. The highest BCUT2D eigenvalue weighted by Gasteiger charge is 2.23. The van der Waals surface area contributed by atoms with Crippen molar-refractivity contribution in [3.8, 4) is 0 Å². The first-order chi connectivity index (χ1) is 9.49. The second kappa shape index (κ2) is 7.73. The second-order valence-electron chi connectivity index (χ2n) is 5.79. The van der Waals surface area contributed by atoms with E-state index in [4.69, 9.17) is 5.73 Å². The molecule has 21 heavy (non-hydrogen) atoms. The molecule has 1 aromatic rings. The topological polar surface area (TPSA) is 72.4 Å². The molecule has 1 saturated heterocycles. The number of hydrogen-bond acceptors (Lipinski definition) is 4. The summed E-state index contributed by atoms with van der Waals surface area (Å²) in [6, 6.07) is 5.59. The fraction of sp³-hybridized carbons (Fsp3) is 0.600. The Balaban J connectivity index is 0.00000220. The van der Waals surface area contributed by atoms with Gasteiger partial charge in [-0.25, -0.2) is 0 Å². The predicted octanol–water partition coefficient (Wildman–Crippen LogP) is 2.88. The third-order valence-electron chi connectivity index (χ3n) is 4.38. The van der Waals surface area contributed by atoms with Crippen molar-refractivity contribution in [3.63, 3.8) is 0 Å². The number of rotatable bonds is 4. The zero-order valence-electron chi connectivity index (χ0n) is 12.6. The number of nitro groups is 1. The summed E-state index contributed by atoms with van der Waals surface area (Å²) in [7, 11) is 0. The lowest BCUT2D eigenvalue weighted by atomic mass is 9.90. The Morgan fingerprint density at radius 3 is 2.57 bits per heavy atom. The van der Waals surface area contributed by atoms with Crippen molar-refractivity contribution in [1.29, 1.82) is 0 Å². The van der Waals surface area contributed by atoms with Crippen molar-refractivity contribution in [2.45, 2.75) is 39.3 Å². The minimum Gasteiger partial charge on any atom is -0.328 e. The number of benzene rings is 1. The fourth-order valence-electron chi connectivity index (χ4n) is 2.92. The summed E-state index contributed by atoms with van der Waals surface area (Å²) in [4.78, 5) is 13.0. The third-order valence-corrected chi connectivity index (χ3v) is 4.38. The first-order valence-electron chi connectivity index (χ1n) is 7.20.